The summed E-state index contributed by atoms with van der Waals surface area (Å²) in [4.78, 5) is 11.6. The number of aryl methyl sites for hydroxylation is 1. The molecule has 0 fully saturated rings. The quantitative estimate of drug-likeness (QED) is 0.685. The molecule has 0 aliphatic heterocycles. The van der Waals surface area contributed by atoms with E-state index in [1.54, 1.807) is 11.3 Å². The fourth-order valence-electron chi connectivity index (χ4n) is 2.36. The molecule has 3 aromatic rings. The number of rotatable bonds is 6. The first-order chi connectivity index (χ1) is 10.8. The molecule has 4 nitrogen and oxygen atoms in total. The Kier molecular flexibility index (Phi) is 4.65. The Balaban J connectivity index is 1.93. The summed E-state index contributed by atoms with van der Waals surface area (Å²) in [6.07, 6.45) is 1.44. The smallest absolute Gasteiger partial charge is 0.138 e. The van der Waals surface area contributed by atoms with Crippen molar-refractivity contribution in [3.8, 4) is 0 Å². The van der Waals surface area contributed by atoms with Gasteiger partial charge in [-0.05, 0) is 25.0 Å². The lowest BCUT2D eigenvalue weighted by atomic mass is 10.1. The lowest BCUT2D eigenvalue weighted by Gasteiger charge is -2.08. The van der Waals surface area contributed by atoms with E-state index in [0.29, 0.717) is 13.0 Å². The van der Waals surface area contributed by atoms with E-state index in [1.165, 1.54) is 10.4 Å². The number of benzene rings is 1. The molecule has 0 radical (unpaired) electrons. The predicted octanol–water partition coefficient (Wildman–Crippen LogP) is 3.38. The molecule has 5 heteroatoms. The monoisotopic (exact) mass is 313 g/mol. The van der Waals surface area contributed by atoms with Gasteiger partial charge in [0.2, 0.25) is 0 Å². The Hall–Kier alpha value is -1.98. The van der Waals surface area contributed by atoms with Crippen molar-refractivity contribution in [1.82, 2.24) is 9.97 Å². The van der Waals surface area contributed by atoms with Crippen LogP contribution in [0, 0.1) is 6.92 Å². The van der Waals surface area contributed by atoms with Gasteiger partial charge in [-0.1, -0.05) is 30.3 Å². The molecule has 114 valence electrons. The van der Waals surface area contributed by atoms with Crippen molar-refractivity contribution in [3.05, 3.63) is 52.7 Å². The maximum Gasteiger partial charge on any atom is 0.138 e. The van der Waals surface area contributed by atoms with Crippen LogP contribution in [0.5, 0.6) is 0 Å². The van der Waals surface area contributed by atoms with Crippen LogP contribution in [0.3, 0.4) is 0 Å². The lowest BCUT2D eigenvalue weighted by Crippen LogP contribution is -2.07. The van der Waals surface area contributed by atoms with Gasteiger partial charge in [0.25, 0.3) is 0 Å². The number of hydrogen-bond acceptors (Lipinski definition) is 5. The van der Waals surface area contributed by atoms with Crippen molar-refractivity contribution in [2.24, 2.45) is 0 Å². The third-order valence-electron chi connectivity index (χ3n) is 3.39. The number of nitrogens with one attached hydrogen (secondary N) is 1. The molecule has 0 saturated carbocycles. The third kappa shape index (κ3) is 3.43. The molecule has 1 aromatic carbocycles. The van der Waals surface area contributed by atoms with Gasteiger partial charge in [0.15, 0.2) is 0 Å². The van der Waals surface area contributed by atoms with E-state index in [0.717, 1.165) is 28.3 Å². The fourth-order valence-corrected chi connectivity index (χ4v) is 3.26. The van der Waals surface area contributed by atoms with E-state index in [1.807, 2.05) is 18.2 Å². The van der Waals surface area contributed by atoms with Crippen molar-refractivity contribution in [2.45, 2.75) is 19.8 Å². The summed E-state index contributed by atoms with van der Waals surface area (Å²) in [6.45, 7) is 2.98. The summed E-state index contributed by atoms with van der Waals surface area (Å²) in [5.41, 5.74) is 1.21. The average Bonchev–Trinajstić information content (AvgIpc) is 2.89. The van der Waals surface area contributed by atoms with E-state index in [9.17, 15) is 0 Å². The van der Waals surface area contributed by atoms with E-state index < -0.39 is 0 Å². The summed E-state index contributed by atoms with van der Waals surface area (Å²) in [5, 5.41) is 13.3. The maximum absolute atomic E-state index is 8.94. The Morgan fingerprint density at radius 2 is 2.00 bits per heavy atom. The largest absolute Gasteiger partial charge is 0.396 e. The molecule has 2 heterocycles. The van der Waals surface area contributed by atoms with Gasteiger partial charge < -0.3 is 10.4 Å². The highest BCUT2D eigenvalue weighted by Gasteiger charge is 2.10. The number of fused-ring (bicyclic) bond motifs is 1. The molecule has 0 aliphatic carbocycles. The Morgan fingerprint density at radius 1 is 1.18 bits per heavy atom. The molecule has 0 atom stereocenters. The molecule has 0 spiro atoms. The van der Waals surface area contributed by atoms with Crippen molar-refractivity contribution in [1.29, 1.82) is 0 Å². The standard InChI is InChI=1S/C17H19N3OS/c1-12-10-14-16(18-8-5-9-21)19-15(20-17(14)22-12)11-13-6-3-2-4-7-13/h2-4,6-7,10,21H,5,8-9,11H2,1H3,(H,18,19,20). The number of hydrogen-bond donors (Lipinski definition) is 2. The summed E-state index contributed by atoms with van der Waals surface area (Å²) in [7, 11) is 0. The van der Waals surface area contributed by atoms with Crippen molar-refractivity contribution in [3.63, 3.8) is 0 Å². The molecule has 22 heavy (non-hydrogen) atoms. The van der Waals surface area contributed by atoms with Gasteiger partial charge in [-0.3, -0.25) is 0 Å². The third-order valence-corrected chi connectivity index (χ3v) is 4.34. The van der Waals surface area contributed by atoms with Crippen LogP contribution in [0.4, 0.5) is 5.82 Å². The molecule has 2 aromatic heterocycles. The first kappa shape index (κ1) is 14.9. The number of nitrogens with zero attached hydrogens (tertiary/aromatic N) is 2. The fraction of sp³-hybridized carbons (Fsp3) is 0.294. The zero-order chi connectivity index (χ0) is 15.4. The second-order valence-corrected chi connectivity index (χ2v) is 6.47. The van der Waals surface area contributed by atoms with Crippen molar-refractivity contribution < 1.29 is 5.11 Å². The summed E-state index contributed by atoms with van der Waals surface area (Å²) >= 11 is 1.69. The molecule has 0 bridgehead atoms. The molecular formula is C17H19N3OS. The number of aliphatic hydroxyl groups excluding tert-OH is 1. The topological polar surface area (TPSA) is 58.0 Å². The lowest BCUT2D eigenvalue weighted by molar-refractivity contribution is 0.292. The Morgan fingerprint density at radius 3 is 2.77 bits per heavy atom. The van der Waals surface area contributed by atoms with Gasteiger partial charge >= 0.3 is 0 Å². The molecule has 3 rings (SSSR count). The van der Waals surface area contributed by atoms with E-state index in [4.69, 9.17) is 10.1 Å². The van der Waals surface area contributed by atoms with E-state index in [-0.39, 0.29) is 6.61 Å². The van der Waals surface area contributed by atoms with Gasteiger partial charge in [0.1, 0.15) is 16.5 Å². The minimum absolute atomic E-state index is 0.181. The van der Waals surface area contributed by atoms with E-state index >= 15 is 0 Å². The normalized spacial score (nSPS) is 11.0. The van der Waals surface area contributed by atoms with Crippen LogP contribution in [-0.4, -0.2) is 28.2 Å². The van der Waals surface area contributed by atoms with Crippen LogP contribution in [-0.2, 0) is 6.42 Å². The molecule has 2 N–H and O–H groups in total. The Labute approximate surface area is 133 Å². The van der Waals surface area contributed by atoms with Crippen LogP contribution >= 0.6 is 11.3 Å². The number of aliphatic hydroxyl groups is 1. The number of anilines is 1. The maximum atomic E-state index is 8.94. The first-order valence-corrected chi connectivity index (χ1v) is 8.23. The SMILES string of the molecule is Cc1cc2c(NCCCO)nc(Cc3ccccc3)nc2s1. The highest BCUT2D eigenvalue weighted by molar-refractivity contribution is 7.18. The zero-order valence-corrected chi connectivity index (χ0v) is 13.4. The van der Waals surface area contributed by atoms with E-state index in [2.05, 4.69) is 35.4 Å². The van der Waals surface area contributed by atoms with Crippen molar-refractivity contribution >= 4 is 27.4 Å². The molecule has 0 aliphatic rings. The minimum Gasteiger partial charge on any atom is -0.396 e. The van der Waals surface area contributed by atoms with Crippen LogP contribution in [0.25, 0.3) is 10.2 Å². The van der Waals surface area contributed by atoms with Gasteiger partial charge in [0.05, 0.1) is 5.39 Å². The molecule has 0 amide bonds. The van der Waals surface area contributed by atoms with Crippen LogP contribution in [0.15, 0.2) is 36.4 Å². The van der Waals surface area contributed by atoms with Gasteiger partial charge in [0, 0.05) is 24.4 Å². The molecule has 0 unspecified atom stereocenters. The van der Waals surface area contributed by atoms with Gasteiger partial charge in [-0.15, -0.1) is 11.3 Å². The first-order valence-electron chi connectivity index (χ1n) is 7.42. The Bertz CT molecular complexity index is 755. The highest BCUT2D eigenvalue weighted by atomic mass is 32.1. The van der Waals surface area contributed by atoms with Crippen molar-refractivity contribution in [2.75, 3.05) is 18.5 Å². The second-order valence-electron chi connectivity index (χ2n) is 5.23. The van der Waals surface area contributed by atoms with Crippen LogP contribution in [0.2, 0.25) is 0 Å². The number of thiophene rings is 1. The van der Waals surface area contributed by atoms with Crippen LogP contribution < -0.4 is 5.32 Å². The minimum atomic E-state index is 0.181. The van der Waals surface area contributed by atoms with Gasteiger partial charge in [-0.25, -0.2) is 9.97 Å². The average molecular weight is 313 g/mol. The van der Waals surface area contributed by atoms with Gasteiger partial charge in [-0.2, -0.15) is 0 Å². The highest BCUT2D eigenvalue weighted by Crippen LogP contribution is 2.29. The summed E-state index contributed by atoms with van der Waals surface area (Å²) in [6, 6.07) is 12.4. The predicted molar refractivity (Wildman–Crippen MR) is 91.6 cm³/mol. The molecule has 0 saturated heterocycles. The summed E-state index contributed by atoms with van der Waals surface area (Å²) in [5.74, 6) is 1.70. The summed E-state index contributed by atoms with van der Waals surface area (Å²) < 4.78 is 0. The van der Waals surface area contributed by atoms with Crippen LogP contribution in [0.1, 0.15) is 22.7 Å². The second kappa shape index (κ2) is 6.85. The molecular weight excluding hydrogens is 294 g/mol. The number of aromatic nitrogens is 2. The zero-order valence-electron chi connectivity index (χ0n) is 12.5.